The maximum atomic E-state index is 11.5. The molecule has 2 amide bonds. The van der Waals surface area contributed by atoms with Gasteiger partial charge >= 0.3 is 12.0 Å². The summed E-state index contributed by atoms with van der Waals surface area (Å²) in [5.41, 5.74) is 0. The highest BCUT2D eigenvalue weighted by atomic mass is 32.2. The number of hydrogen-bond acceptors (Lipinski definition) is 3. The van der Waals surface area contributed by atoms with E-state index >= 15 is 0 Å². The Kier molecular flexibility index (Phi) is 7.58. The van der Waals surface area contributed by atoms with Gasteiger partial charge in [-0.2, -0.15) is 0 Å². The lowest BCUT2D eigenvalue weighted by atomic mass is 10.1. The third-order valence-corrected chi connectivity index (χ3v) is 3.99. The van der Waals surface area contributed by atoms with Gasteiger partial charge in [0.05, 0.1) is 0 Å². The lowest BCUT2D eigenvalue weighted by Gasteiger charge is -2.18. The van der Waals surface area contributed by atoms with Crippen LogP contribution in [0.4, 0.5) is 4.79 Å². The van der Waals surface area contributed by atoms with Gasteiger partial charge in [0.15, 0.2) is 0 Å². The third-order valence-electron chi connectivity index (χ3n) is 2.62. The number of rotatable bonds is 7. The maximum absolute atomic E-state index is 11.5. The number of carboxylic acid groups (broad SMARTS) is 1. The molecule has 0 saturated heterocycles. The molecule has 0 heterocycles. The van der Waals surface area contributed by atoms with E-state index in [4.69, 9.17) is 5.11 Å². The summed E-state index contributed by atoms with van der Waals surface area (Å²) in [5, 5.41) is 13.9. The fourth-order valence-corrected chi connectivity index (χ4v) is 1.71. The van der Waals surface area contributed by atoms with E-state index < -0.39 is 28.8 Å². The van der Waals surface area contributed by atoms with Crippen LogP contribution in [-0.2, 0) is 15.6 Å². The molecular weight excluding hydrogens is 256 g/mol. The quantitative estimate of drug-likeness (QED) is 0.634. The minimum absolute atomic E-state index is 0.00525. The Labute approximate surface area is 110 Å². The molecule has 7 heteroatoms. The number of carbonyl (C=O) groups excluding carboxylic acids is 1. The average Bonchev–Trinajstić information content (AvgIpc) is 2.24. The van der Waals surface area contributed by atoms with Gasteiger partial charge in [0.2, 0.25) is 0 Å². The maximum Gasteiger partial charge on any atom is 0.326 e. The molecule has 0 radical (unpaired) electrons. The summed E-state index contributed by atoms with van der Waals surface area (Å²) >= 11 is 0. The second-order valence-electron chi connectivity index (χ2n) is 4.56. The summed E-state index contributed by atoms with van der Waals surface area (Å²) < 4.78 is 11.1. The minimum Gasteiger partial charge on any atom is -0.480 e. The van der Waals surface area contributed by atoms with Crippen LogP contribution in [0.5, 0.6) is 0 Å². The lowest BCUT2D eigenvalue weighted by molar-refractivity contribution is -0.140. The van der Waals surface area contributed by atoms with Crippen molar-refractivity contribution in [2.24, 2.45) is 5.92 Å². The van der Waals surface area contributed by atoms with E-state index in [0.29, 0.717) is 13.0 Å². The monoisotopic (exact) mass is 278 g/mol. The van der Waals surface area contributed by atoms with Crippen molar-refractivity contribution in [3.8, 4) is 0 Å². The fourth-order valence-electron chi connectivity index (χ4n) is 1.26. The number of amides is 2. The van der Waals surface area contributed by atoms with Gasteiger partial charge in [-0.3, -0.25) is 4.21 Å². The first-order valence-electron chi connectivity index (χ1n) is 5.85. The fraction of sp³-hybridized carbons (Fsp3) is 0.818. The van der Waals surface area contributed by atoms with Gasteiger partial charge in [-0.15, -0.1) is 0 Å². The van der Waals surface area contributed by atoms with Crippen molar-refractivity contribution in [2.75, 3.05) is 12.8 Å². The molecule has 3 atom stereocenters. The predicted octanol–water partition coefficient (Wildman–Crippen LogP) is 0.552. The van der Waals surface area contributed by atoms with E-state index in [9.17, 15) is 13.8 Å². The van der Waals surface area contributed by atoms with Crippen LogP contribution in [-0.4, -0.2) is 45.4 Å². The Bertz CT molecular complexity index is 320. The van der Waals surface area contributed by atoms with Gasteiger partial charge in [-0.05, 0) is 12.3 Å². The van der Waals surface area contributed by atoms with Crippen molar-refractivity contribution in [2.45, 2.75) is 38.5 Å². The molecule has 0 rings (SSSR count). The first-order valence-corrected chi connectivity index (χ1v) is 7.47. The Morgan fingerprint density at radius 1 is 1.28 bits per heavy atom. The summed E-state index contributed by atoms with van der Waals surface area (Å²) in [6.07, 6.45) is 2.21. The third kappa shape index (κ3) is 6.58. The van der Waals surface area contributed by atoms with Crippen molar-refractivity contribution in [1.29, 1.82) is 0 Å². The number of carboxylic acids is 1. The molecule has 0 aliphatic heterocycles. The molecule has 0 aromatic heterocycles. The van der Waals surface area contributed by atoms with Crippen molar-refractivity contribution in [1.82, 2.24) is 10.6 Å². The Morgan fingerprint density at radius 3 is 2.22 bits per heavy atom. The Hall–Kier alpha value is -1.11. The van der Waals surface area contributed by atoms with Gasteiger partial charge < -0.3 is 15.7 Å². The predicted molar refractivity (Wildman–Crippen MR) is 70.9 cm³/mol. The zero-order valence-electron chi connectivity index (χ0n) is 11.2. The summed E-state index contributed by atoms with van der Waals surface area (Å²) in [4.78, 5) is 22.3. The first kappa shape index (κ1) is 16.9. The van der Waals surface area contributed by atoms with Crippen LogP contribution >= 0.6 is 0 Å². The molecule has 106 valence electrons. The second kappa shape index (κ2) is 8.07. The first-order chi connectivity index (χ1) is 8.25. The highest BCUT2D eigenvalue weighted by Crippen LogP contribution is 2.01. The average molecular weight is 278 g/mol. The van der Waals surface area contributed by atoms with Gasteiger partial charge in [0.1, 0.15) is 6.04 Å². The summed E-state index contributed by atoms with van der Waals surface area (Å²) in [6, 6.07) is -1.41. The van der Waals surface area contributed by atoms with Crippen LogP contribution in [0.15, 0.2) is 0 Å². The summed E-state index contributed by atoms with van der Waals surface area (Å²) in [5.74, 6) is -1.24. The molecule has 0 aliphatic carbocycles. The zero-order valence-corrected chi connectivity index (χ0v) is 12.0. The molecule has 0 spiro atoms. The molecule has 0 saturated carbocycles. The number of carbonyl (C=O) groups is 2. The van der Waals surface area contributed by atoms with Crippen molar-refractivity contribution < 1.29 is 18.9 Å². The van der Waals surface area contributed by atoms with Crippen molar-refractivity contribution >= 4 is 22.8 Å². The van der Waals surface area contributed by atoms with Gasteiger partial charge in [-0.1, -0.05) is 20.8 Å². The van der Waals surface area contributed by atoms with Gasteiger partial charge in [0, 0.05) is 28.9 Å². The van der Waals surface area contributed by atoms with E-state index in [1.54, 1.807) is 20.1 Å². The highest BCUT2D eigenvalue weighted by Gasteiger charge is 2.23. The summed E-state index contributed by atoms with van der Waals surface area (Å²) in [6.45, 7) is 5.66. The molecule has 3 N–H and O–H groups in total. The molecule has 0 bridgehead atoms. The van der Waals surface area contributed by atoms with Crippen LogP contribution in [0.3, 0.4) is 0 Å². The SMILES string of the molecule is CC(C)[C@@H](NC(=O)NCCC(C)S(C)=O)C(=O)O. The molecule has 0 aromatic carbocycles. The zero-order chi connectivity index (χ0) is 14.3. The largest absolute Gasteiger partial charge is 0.480 e. The van der Waals surface area contributed by atoms with Crippen LogP contribution in [0.25, 0.3) is 0 Å². The number of hydrogen-bond donors (Lipinski definition) is 3. The normalized spacial score (nSPS) is 15.8. The van der Waals surface area contributed by atoms with E-state index in [0.717, 1.165) is 0 Å². The van der Waals surface area contributed by atoms with Crippen LogP contribution in [0, 0.1) is 5.92 Å². The molecule has 2 unspecified atom stereocenters. The second-order valence-corrected chi connectivity index (χ2v) is 6.36. The Balaban J connectivity index is 4.04. The highest BCUT2D eigenvalue weighted by molar-refractivity contribution is 7.84. The van der Waals surface area contributed by atoms with Crippen molar-refractivity contribution in [3.05, 3.63) is 0 Å². The van der Waals surface area contributed by atoms with Crippen LogP contribution < -0.4 is 10.6 Å². The van der Waals surface area contributed by atoms with Crippen molar-refractivity contribution in [3.63, 3.8) is 0 Å². The molecule has 0 fully saturated rings. The Morgan fingerprint density at radius 2 is 1.83 bits per heavy atom. The molecular formula is C11H22N2O4S. The number of urea groups is 1. The number of aliphatic carboxylic acids is 1. The van der Waals surface area contributed by atoms with E-state index in [-0.39, 0.29) is 11.2 Å². The lowest BCUT2D eigenvalue weighted by Crippen LogP contribution is -2.49. The summed E-state index contributed by atoms with van der Waals surface area (Å²) in [7, 11) is -0.916. The van der Waals surface area contributed by atoms with Crippen LogP contribution in [0.2, 0.25) is 0 Å². The van der Waals surface area contributed by atoms with Crippen LogP contribution in [0.1, 0.15) is 27.2 Å². The standard InChI is InChI=1S/C11H22N2O4S/c1-7(2)9(10(14)15)13-11(16)12-6-5-8(3)18(4)17/h7-9H,5-6H2,1-4H3,(H,14,15)(H2,12,13,16)/t8?,9-,18?/m1/s1. The smallest absolute Gasteiger partial charge is 0.326 e. The topological polar surface area (TPSA) is 95.5 Å². The van der Waals surface area contributed by atoms with Gasteiger partial charge in [-0.25, -0.2) is 9.59 Å². The number of nitrogens with one attached hydrogen (secondary N) is 2. The molecule has 0 aliphatic rings. The molecule has 18 heavy (non-hydrogen) atoms. The van der Waals surface area contributed by atoms with E-state index in [1.807, 2.05) is 6.92 Å². The minimum atomic E-state index is -1.05. The van der Waals surface area contributed by atoms with Gasteiger partial charge in [0.25, 0.3) is 0 Å². The van der Waals surface area contributed by atoms with E-state index in [1.165, 1.54) is 0 Å². The molecule has 6 nitrogen and oxygen atoms in total. The molecule has 0 aromatic rings. The van der Waals surface area contributed by atoms with E-state index in [2.05, 4.69) is 10.6 Å².